The van der Waals surface area contributed by atoms with Crippen molar-refractivity contribution in [2.45, 2.75) is 25.4 Å². The Labute approximate surface area is 119 Å². The van der Waals surface area contributed by atoms with Crippen LogP contribution in [0.5, 0.6) is 0 Å². The van der Waals surface area contributed by atoms with Gasteiger partial charge in [0.1, 0.15) is 6.10 Å². The molecule has 0 aromatic heterocycles. The molecule has 0 aliphatic carbocycles. The van der Waals surface area contributed by atoms with E-state index in [4.69, 9.17) is 10.5 Å². The summed E-state index contributed by atoms with van der Waals surface area (Å²) in [6.07, 6.45) is 1.43. The number of amides is 1. The lowest BCUT2D eigenvalue weighted by Gasteiger charge is -2.16. The Morgan fingerprint density at radius 3 is 2.05 bits per heavy atom. The number of benzene rings is 2. The number of hydrogen-bond acceptors (Lipinski definition) is 2. The third-order valence-electron chi connectivity index (χ3n) is 3.19. The number of primary amides is 1. The highest BCUT2D eigenvalue weighted by Crippen LogP contribution is 2.13. The van der Waals surface area contributed by atoms with Crippen LogP contribution in [0, 0.1) is 0 Å². The minimum absolute atomic E-state index is 0.185. The summed E-state index contributed by atoms with van der Waals surface area (Å²) in [6, 6.07) is 20.1. The summed E-state index contributed by atoms with van der Waals surface area (Å²) >= 11 is 0. The van der Waals surface area contributed by atoms with Crippen molar-refractivity contribution in [3.63, 3.8) is 0 Å². The van der Waals surface area contributed by atoms with Gasteiger partial charge in [-0.15, -0.1) is 0 Å². The van der Waals surface area contributed by atoms with Crippen molar-refractivity contribution in [3.05, 3.63) is 71.8 Å². The SMILES string of the molecule is NC(=O)OC(CCc1ccccc1)Cc1ccccc1. The fourth-order valence-electron chi connectivity index (χ4n) is 2.22. The molecule has 1 unspecified atom stereocenters. The van der Waals surface area contributed by atoms with Crippen molar-refractivity contribution < 1.29 is 9.53 Å². The van der Waals surface area contributed by atoms with E-state index in [1.807, 2.05) is 48.5 Å². The van der Waals surface area contributed by atoms with E-state index in [1.54, 1.807) is 0 Å². The fourth-order valence-corrected chi connectivity index (χ4v) is 2.22. The maximum atomic E-state index is 11.0. The first-order valence-electron chi connectivity index (χ1n) is 6.78. The van der Waals surface area contributed by atoms with Gasteiger partial charge in [-0.25, -0.2) is 4.79 Å². The predicted octanol–water partition coefficient (Wildman–Crippen LogP) is 3.33. The molecule has 2 aromatic rings. The van der Waals surface area contributed by atoms with E-state index < -0.39 is 6.09 Å². The Morgan fingerprint density at radius 1 is 0.950 bits per heavy atom. The highest BCUT2D eigenvalue weighted by atomic mass is 16.6. The molecule has 2 aromatic carbocycles. The van der Waals surface area contributed by atoms with Gasteiger partial charge in [0.15, 0.2) is 0 Å². The number of nitrogens with two attached hydrogens (primary N) is 1. The van der Waals surface area contributed by atoms with Crippen molar-refractivity contribution in [1.29, 1.82) is 0 Å². The van der Waals surface area contributed by atoms with Crippen LogP contribution in [0.4, 0.5) is 4.79 Å². The molecule has 3 nitrogen and oxygen atoms in total. The van der Waals surface area contributed by atoms with Gasteiger partial charge in [0, 0.05) is 6.42 Å². The zero-order valence-corrected chi connectivity index (χ0v) is 11.4. The topological polar surface area (TPSA) is 52.3 Å². The molecule has 2 N–H and O–H groups in total. The van der Waals surface area contributed by atoms with Crippen LogP contribution in [0.15, 0.2) is 60.7 Å². The Balaban J connectivity index is 1.95. The third kappa shape index (κ3) is 4.76. The summed E-state index contributed by atoms with van der Waals surface area (Å²) in [5.74, 6) is 0. The maximum absolute atomic E-state index is 11.0. The predicted molar refractivity (Wildman–Crippen MR) is 79.4 cm³/mol. The van der Waals surface area contributed by atoms with E-state index in [0.29, 0.717) is 6.42 Å². The van der Waals surface area contributed by atoms with Crippen molar-refractivity contribution in [2.24, 2.45) is 5.73 Å². The molecular weight excluding hydrogens is 250 g/mol. The summed E-state index contributed by atoms with van der Waals surface area (Å²) in [6.45, 7) is 0. The average Bonchev–Trinajstić information content (AvgIpc) is 2.46. The Kier molecular flexibility index (Phi) is 5.18. The molecule has 1 amide bonds. The van der Waals surface area contributed by atoms with Crippen LogP contribution in [0.1, 0.15) is 17.5 Å². The zero-order valence-electron chi connectivity index (χ0n) is 11.4. The molecule has 104 valence electrons. The third-order valence-corrected chi connectivity index (χ3v) is 3.19. The van der Waals surface area contributed by atoms with Crippen LogP contribution in [-0.4, -0.2) is 12.2 Å². The fraction of sp³-hybridized carbons (Fsp3) is 0.235. The first kappa shape index (κ1) is 14.1. The van der Waals surface area contributed by atoms with Gasteiger partial charge in [-0.1, -0.05) is 60.7 Å². The van der Waals surface area contributed by atoms with E-state index in [-0.39, 0.29) is 6.10 Å². The molecule has 0 aliphatic rings. The Morgan fingerprint density at radius 2 is 1.50 bits per heavy atom. The lowest BCUT2D eigenvalue weighted by atomic mass is 10.0. The molecule has 0 saturated carbocycles. The first-order chi connectivity index (χ1) is 9.74. The largest absolute Gasteiger partial charge is 0.446 e. The number of rotatable bonds is 6. The first-order valence-corrected chi connectivity index (χ1v) is 6.78. The quantitative estimate of drug-likeness (QED) is 0.874. The van der Waals surface area contributed by atoms with Crippen LogP contribution < -0.4 is 5.73 Å². The van der Waals surface area contributed by atoms with Crippen molar-refractivity contribution in [2.75, 3.05) is 0 Å². The standard InChI is InChI=1S/C17H19NO2/c18-17(19)20-16(13-15-9-5-2-6-10-15)12-11-14-7-3-1-4-8-14/h1-10,16H,11-13H2,(H2,18,19). The molecule has 0 bridgehead atoms. The molecule has 0 fully saturated rings. The summed E-state index contributed by atoms with van der Waals surface area (Å²) in [5.41, 5.74) is 7.53. The monoisotopic (exact) mass is 269 g/mol. The van der Waals surface area contributed by atoms with Crippen LogP contribution in [-0.2, 0) is 17.6 Å². The molecular formula is C17H19NO2. The van der Waals surface area contributed by atoms with Crippen molar-refractivity contribution in [1.82, 2.24) is 0 Å². The van der Waals surface area contributed by atoms with Gasteiger partial charge >= 0.3 is 6.09 Å². The van der Waals surface area contributed by atoms with E-state index in [2.05, 4.69) is 12.1 Å². The molecule has 1 atom stereocenters. The molecule has 2 rings (SSSR count). The minimum Gasteiger partial charge on any atom is -0.446 e. The maximum Gasteiger partial charge on any atom is 0.404 e. The minimum atomic E-state index is -0.709. The van der Waals surface area contributed by atoms with Crippen LogP contribution in [0.25, 0.3) is 0 Å². The summed E-state index contributed by atoms with van der Waals surface area (Å²) in [5, 5.41) is 0. The number of carbonyl (C=O) groups excluding carboxylic acids is 1. The van der Waals surface area contributed by atoms with Gasteiger partial charge < -0.3 is 10.5 Å². The van der Waals surface area contributed by atoms with Gasteiger partial charge in [0.25, 0.3) is 0 Å². The summed E-state index contributed by atoms with van der Waals surface area (Å²) < 4.78 is 5.21. The second-order valence-corrected chi connectivity index (χ2v) is 4.77. The van der Waals surface area contributed by atoms with Gasteiger partial charge in [-0.05, 0) is 24.0 Å². The molecule has 0 heterocycles. The van der Waals surface area contributed by atoms with E-state index in [9.17, 15) is 4.79 Å². The van der Waals surface area contributed by atoms with Gasteiger partial charge in [0.05, 0.1) is 0 Å². The molecule has 0 radical (unpaired) electrons. The smallest absolute Gasteiger partial charge is 0.404 e. The molecule has 20 heavy (non-hydrogen) atoms. The van der Waals surface area contributed by atoms with E-state index in [0.717, 1.165) is 18.4 Å². The number of aryl methyl sites for hydroxylation is 1. The number of ether oxygens (including phenoxy) is 1. The van der Waals surface area contributed by atoms with Gasteiger partial charge in [-0.2, -0.15) is 0 Å². The molecule has 0 spiro atoms. The molecule has 0 aliphatic heterocycles. The van der Waals surface area contributed by atoms with Gasteiger partial charge in [-0.3, -0.25) is 0 Å². The second-order valence-electron chi connectivity index (χ2n) is 4.77. The normalized spacial score (nSPS) is 11.8. The van der Waals surface area contributed by atoms with Crippen LogP contribution in [0.2, 0.25) is 0 Å². The Hall–Kier alpha value is -2.29. The van der Waals surface area contributed by atoms with Crippen LogP contribution >= 0.6 is 0 Å². The molecule has 3 heteroatoms. The van der Waals surface area contributed by atoms with E-state index in [1.165, 1.54) is 5.56 Å². The molecule has 0 saturated heterocycles. The number of hydrogen-bond donors (Lipinski definition) is 1. The lowest BCUT2D eigenvalue weighted by Crippen LogP contribution is -2.25. The van der Waals surface area contributed by atoms with Crippen LogP contribution in [0.3, 0.4) is 0 Å². The lowest BCUT2D eigenvalue weighted by molar-refractivity contribution is 0.101. The second kappa shape index (κ2) is 7.34. The summed E-state index contributed by atoms with van der Waals surface area (Å²) in [7, 11) is 0. The van der Waals surface area contributed by atoms with Crippen molar-refractivity contribution in [3.8, 4) is 0 Å². The number of carbonyl (C=O) groups is 1. The van der Waals surface area contributed by atoms with E-state index >= 15 is 0 Å². The van der Waals surface area contributed by atoms with Gasteiger partial charge in [0.2, 0.25) is 0 Å². The Bertz CT molecular complexity index is 525. The zero-order chi connectivity index (χ0) is 14.2. The highest BCUT2D eigenvalue weighted by molar-refractivity contribution is 5.64. The highest BCUT2D eigenvalue weighted by Gasteiger charge is 2.13. The average molecular weight is 269 g/mol. The summed E-state index contributed by atoms with van der Waals surface area (Å²) in [4.78, 5) is 11.0. The van der Waals surface area contributed by atoms with Crippen molar-refractivity contribution >= 4 is 6.09 Å².